The minimum absolute atomic E-state index is 0.877. The first-order valence-corrected chi connectivity index (χ1v) is 8.19. The number of pyridine rings is 3. The summed E-state index contributed by atoms with van der Waals surface area (Å²) in [6.45, 7) is 0. The average Bonchev–Trinajstić information content (AvgIpc) is 2.99. The van der Waals surface area contributed by atoms with Gasteiger partial charge in [0.1, 0.15) is 0 Å². The molecule has 0 aliphatic rings. The Hall–Kier alpha value is -2.85. The Balaban J connectivity index is 1.76. The van der Waals surface area contributed by atoms with Crippen molar-refractivity contribution in [3.05, 3.63) is 67.0 Å². The van der Waals surface area contributed by atoms with Gasteiger partial charge in [0, 0.05) is 21.7 Å². The molecule has 0 saturated carbocycles. The molecule has 23 heavy (non-hydrogen) atoms. The van der Waals surface area contributed by atoms with Crippen molar-refractivity contribution in [2.24, 2.45) is 0 Å². The number of rotatable bonds is 1. The molecular formula is C19H11N3S. The lowest BCUT2D eigenvalue weighted by Crippen LogP contribution is -1.88. The van der Waals surface area contributed by atoms with Crippen molar-refractivity contribution in [2.75, 3.05) is 0 Å². The molecule has 4 heteroatoms. The van der Waals surface area contributed by atoms with Crippen molar-refractivity contribution in [1.82, 2.24) is 15.0 Å². The minimum atomic E-state index is 0.877. The third-order valence-electron chi connectivity index (χ3n) is 3.97. The maximum absolute atomic E-state index is 4.87. The molecule has 0 radical (unpaired) electrons. The van der Waals surface area contributed by atoms with Gasteiger partial charge in [-0.3, -0.25) is 9.97 Å². The van der Waals surface area contributed by atoms with Gasteiger partial charge in [0.25, 0.3) is 0 Å². The quantitative estimate of drug-likeness (QED) is 0.434. The highest BCUT2D eigenvalue weighted by Gasteiger charge is 2.09. The molecule has 0 amide bonds. The van der Waals surface area contributed by atoms with E-state index in [4.69, 9.17) is 4.98 Å². The molecule has 1 aromatic carbocycles. The number of fused-ring (bicyclic) bond motifs is 4. The zero-order chi connectivity index (χ0) is 15.2. The van der Waals surface area contributed by atoms with E-state index in [1.165, 1.54) is 14.8 Å². The van der Waals surface area contributed by atoms with E-state index in [0.717, 1.165) is 27.8 Å². The summed E-state index contributed by atoms with van der Waals surface area (Å²) in [6, 6.07) is 18.6. The van der Waals surface area contributed by atoms with Gasteiger partial charge in [-0.15, -0.1) is 11.3 Å². The average molecular weight is 313 g/mol. The molecule has 0 spiro atoms. The summed E-state index contributed by atoms with van der Waals surface area (Å²) in [5.41, 5.74) is 3.73. The summed E-state index contributed by atoms with van der Waals surface area (Å²) in [5.74, 6) is 0. The highest BCUT2D eigenvalue weighted by molar-refractivity contribution is 7.25. The highest BCUT2D eigenvalue weighted by Crippen LogP contribution is 2.33. The fraction of sp³-hybridized carbons (Fsp3) is 0. The summed E-state index contributed by atoms with van der Waals surface area (Å²) < 4.78 is 2.47. The molecule has 5 rings (SSSR count). The number of hydrogen-bond acceptors (Lipinski definition) is 4. The van der Waals surface area contributed by atoms with Crippen LogP contribution in [0.4, 0.5) is 0 Å². The Labute approximate surface area is 136 Å². The van der Waals surface area contributed by atoms with E-state index in [1.807, 2.05) is 30.5 Å². The fourth-order valence-electron chi connectivity index (χ4n) is 2.85. The van der Waals surface area contributed by atoms with Gasteiger partial charge in [-0.2, -0.15) is 0 Å². The summed E-state index contributed by atoms with van der Waals surface area (Å²) in [4.78, 5) is 13.7. The van der Waals surface area contributed by atoms with Crippen molar-refractivity contribution < 1.29 is 0 Å². The van der Waals surface area contributed by atoms with E-state index in [0.29, 0.717) is 0 Å². The second kappa shape index (κ2) is 4.83. The van der Waals surface area contributed by atoms with E-state index >= 15 is 0 Å². The predicted octanol–water partition coefficient (Wildman–Crippen LogP) is 5.06. The monoisotopic (exact) mass is 313 g/mol. The van der Waals surface area contributed by atoms with Crippen molar-refractivity contribution in [2.45, 2.75) is 0 Å². The van der Waals surface area contributed by atoms with E-state index in [9.17, 15) is 0 Å². The summed E-state index contributed by atoms with van der Waals surface area (Å²) >= 11 is 1.78. The Morgan fingerprint density at radius 1 is 0.783 bits per heavy atom. The van der Waals surface area contributed by atoms with Gasteiger partial charge in [0.2, 0.25) is 0 Å². The van der Waals surface area contributed by atoms with Crippen LogP contribution < -0.4 is 0 Å². The van der Waals surface area contributed by atoms with Gasteiger partial charge in [-0.05, 0) is 30.3 Å². The molecule has 4 aromatic heterocycles. The zero-order valence-electron chi connectivity index (χ0n) is 12.1. The minimum Gasteiger partial charge on any atom is -0.255 e. The molecule has 4 heterocycles. The Kier molecular flexibility index (Phi) is 2.66. The standard InChI is InChI=1S/C19H11N3S/c1-2-6-17-13(5-1)19-18(23-17)8-7-14(22-19)15-10-12-4-3-9-20-16(12)11-21-15/h1-11H. The van der Waals surface area contributed by atoms with Crippen molar-refractivity contribution in [3.8, 4) is 11.4 Å². The Morgan fingerprint density at radius 2 is 1.74 bits per heavy atom. The maximum atomic E-state index is 4.87. The maximum Gasteiger partial charge on any atom is 0.0896 e. The fourth-order valence-corrected chi connectivity index (χ4v) is 3.90. The van der Waals surface area contributed by atoms with Gasteiger partial charge in [-0.25, -0.2) is 4.98 Å². The lowest BCUT2D eigenvalue weighted by atomic mass is 10.1. The second-order valence-corrected chi connectivity index (χ2v) is 6.49. The highest BCUT2D eigenvalue weighted by atomic mass is 32.1. The smallest absolute Gasteiger partial charge is 0.0896 e. The Bertz CT molecular complexity index is 1180. The lowest BCUT2D eigenvalue weighted by Gasteiger charge is -2.02. The van der Waals surface area contributed by atoms with E-state index < -0.39 is 0 Å². The van der Waals surface area contributed by atoms with Crippen molar-refractivity contribution in [1.29, 1.82) is 0 Å². The SMILES string of the molecule is c1cnc2cnc(-c3ccc4sc5ccccc5c4n3)cc2c1. The molecule has 0 aliphatic heterocycles. The molecule has 0 saturated heterocycles. The molecule has 5 aromatic rings. The van der Waals surface area contributed by atoms with E-state index in [1.54, 1.807) is 17.5 Å². The van der Waals surface area contributed by atoms with E-state index in [2.05, 4.69) is 40.3 Å². The molecule has 108 valence electrons. The summed E-state index contributed by atoms with van der Waals surface area (Å²) in [7, 11) is 0. The molecular weight excluding hydrogens is 302 g/mol. The van der Waals surface area contributed by atoms with Crippen LogP contribution in [0.5, 0.6) is 0 Å². The second-order valence-electron chi connectivity index (χ2n) is 5.41. The number of nitrogens with zero attached hydrogens (tertiary/aromatic N) is 3. The van der Waals surface area contributed by atoms with Crippen LogP contribution in [0, 0.1) is 0 Å². The van der Waals surface area contributed by atoms with Crippen LogP contribution in [0.15, 0.2) is 67.0 Å². The first kappa shape index (κ1) is 12.7. The predicted molar refractivity (Wildman–Crippen MR) is 95.7 cm³/mol. The molecule has 0 aliphatic carbocycles. The van der Waals surface area contributed by atoms with Crippen molar-refractivity contribution >= 4 is 42.5 Å². The van der Waals surface area contributed by atoms with Gasteiger partial charge < -0.3 is 0 Å². The third kappa shape index (κ3) is 1.99. The van der Waals surface area contributed by atoms with Crippen LogP contribution in [0.2, 0.25) is 0 Å². The van der Waals surface area contributed by atoms with Gasteiger partial charge in [-0.1, -0.05) is 24.3 Å². The molecule has 0 N–H and O–H groups in total. The molecule has 0 fully saturated rings. The normalized spacial score (nSPS) is 11.5. The topological polar surface area (TPSA) is 38.7 Å². The third-order valence-corrected chi connectivity index (χ3v) is 5.10. The lowest BCUT2D eigenvalue weighted by molar-refractivity contribution is 1.28. The number of hydrogen-bond donors (Lipinski definition) is 0. The molecule has 0 bridgehead atoms. The summed E-state index contributed by atoms with van der Waals surface area (Å²) in [5, 5.41) is 2.28. The number of thiophene rings is 1. The van der Waals surface area contributed by atoms with Crippen LogP contribution in [-0.4, -0.2) is 15.0 Å². The zero-order valence-corrected chi connectivity index (χ0v) is 12.9. The molecule has 0 unspecified atom stereocenters. The Morgan fingerprint density at radius 3 is 2.74 bits per heavy atom. The van der Waals surface area contributed by atoms with Crippen LogP contribution in [0.3, 0.4) is 0 Å². The van der Waals surface area contributed by atoms with Gasteiger partial charge in [0.15, 0.2) is 0 Å². The number of benzene rings is 1. The first-order chi connectivity index (χ1) is 11.4. The number of aromatic nitrogens is 3. The van der Waals surface area contributed by atoms with Crippen LogP contribution in [0.25, 0.3) is 42.6 Å². The van der Waals surface area contributed by atoms with E-state index in [-0.39, 0.29) is 0 Å². The van der Waals surface area contributed by atoms with Crippen LogP contribution in [-0.2, 0) is 0 Å². The van der Waals surface area contributed by atoms with Gasteiger partial charge in [0.05, 0.1) is 33.3 Å². The molecule has 3 nitrogen and oxygen atoms in total. The molecule has 0 atom stereocenters. The first-order valence-electron chi connectivity index (χ1n) is 7.38. The largest absolute Gasteiger partial charge is 0.255 e. The van der Waals surface area contributed by atoms with Crippen LogP contribution >= 0.6 is 11.3 Å². The van der Waals surface area contributed by atoms with Crippen LogP contribution in [0.1, 0.15) is 0 Å². The van der Waals surface area contributed by atoms with Gasteiger partial charge >= 0.3 is 0 Å². The summed E-state index contributed by atoms with van der Waals surface area (Å²) in [6.07, 6.45) is 3.59. The van der Waals surface area contributed by atoms with Crippen molar-refractivity contribution in [3.63, 3.8) is 0 Å².